The first-order valence-corrected chi connectivity index (χ1v) is 10.1. The number of rotatable bonds is 4. The first kappa shape index (κ1) is 14.4. The fraction of sp³-hybridized carbons (Fsp3) is 0.733. The largest absolute Gasteiger partial charge is 0.307 e. The minimum atomic E-state index is 0.613. The standard InChI is InChI=1S/C15H22BrNS2/c1-2-18-11-7-6-10(8-11)17-13-4-3-5-14-12(13)9-15(16)19-14/h9-11,13,17H,2-8H2,1H3. The summed E-state index contributed by atoms with van der Waals surface area (Å²) in [4.78, 5) is 1.60. The molecule has 1 fully saturated rings. The van der Waals surface area contributed by atoms with E-state index in [0.717, 1.165) is 11.3 Å². The Labute approximate surface area is 133 Å². The Bertz CT molecular complexity index is 432. The van der Waals surface area contributed by atoms with Crippen LogP contribution in [0.3, 0.4) is 0 Å². The highest BCUT2D eigenvalue weighted by atomic mass is 79.9. The minimum Gasteiger partial charge on any atom is -0.307 e. The van der Waals surface area contributed by atoms with Crippen molar-refractivity contribution < 1.29 is 0 Å². The van der Waals surface area contributed by atoms with Gasteiger partial charge in [0.15, 0.2) is 0 Å². The van der Waals surface area contributed by atoms with Gasteiger partial charge in [0.2, 0.25) is 0 Å². The molecular formula is C15H22BrNS2. The van der Waals surface area contributed by atoms with E-state index in [4.69, 9.17) is 0 Å². The molecule has 0 spiro atoms. The smallest absolute Gasteiger partial charge is 0.0704 e. The van der Waals surface area contributed by atoms with E-state index in [1.807, 2.05) is 11.3 Å². The molecule has 3 unspecified atom stereocenters. The monoisotopic (exact) mass is 359 g/mol. The summed E-state index contributed by atoms with van der Waals surface area (Å²) in [6, 6.07) is 3.71. The van der Waals surface area contributed by atoms with Crippen LogP contribution in [0.15, 0.2) is 9.85 Å². The lowest BCUT2D eigenvalue weighted by Crippen LogP contribution is -2.32. The van der Waals surface area contributed by atoms with E-state index in [9.17, 15) is 0 Å². The van der Waals surface area contributed by atoms with Gasteiger partial charge in [-0.3, -0.25) is 0 Å². The lowest BCUT2D eigenvalue weighted by atomic mass is 9.93. The van der Waals surface area contributed by atoms with Crippen LogP contribution in [0.2, 0.25) is 0 Å². The molecule has 1 aromatic rings. The molecule has 1 heterocycles. The zero-order valence-electron chi connectivity index (χ0n) is 11.5. The predicted molar refractivity (Wildman–Crippen MR) is 90.4 cm³/mol. The summed E-state index contributed by atoms with van der Waals surface area (Å²) in [5, 5.41) is 4.85. The summed E-state index contributed by atoms with van der Waals surface area (Å²) in [6.45, 7) is 2.28. The zero-order valence-corrected chi connectivity index (χ0v) is 14.7. The molecular weight excluding hydrogens is 338 g/mol. The Morgan fingerprint density at radius 2 is 2.32 bits per heavy atom. The molecule has 3 rings (SSSR count). The molecule has 1 saturated carbocycles. The second-order valence-corrected chi connectivity index (χ2v) is 9.72. The topological polar surface area (TPSA) is 12.0 Å². The number of halogens is 1. The van der Waals surface area contributed by atoms with Gasteiger partial charge in [0.05, 0.1) is 3.79 Å². The SMILES string of the molecule is CCSC1CCC(NC2CCCc3sc(Br)cc32)C1. The summed E-state index contributed by atoms with van der Waals surface area (Å²) in [7, 11) is 0. The number of hydrogen-bond acceptors (Lipinski definition) is 3. The molecule has 2 aliphatic carbocycles. The van der Waals surface area contributed by atoms with Crippen LogP contribution >= 0.6 is 39.0 Å². The average Bonchev–Trinajstić information content (AvgIpc) is 2.96. The Balaban J connectivity index is 1.62. The highest BCUT2D eigenvalue weighted by Gasteiger charge is 2.29. The molecule has 106 valence electrons. The molecule has 19 heavy (non-hydrogen) atoms. The van der Waals surface area contributed by atoms with E-state index >= 15 is 0 Å². The average molecular weight is 360 g/mol. The van der Waals surface area contributed by atoms with Gasteiger partial charge in [0.1, 0.15) is 0 Å². The van der Waals surface area contributed by atoms with E-state index in [1.54, 1.807) is 10.4 Å². The van der Waals surface area contributed by atoms with E-state index < -0.39 is 0 Å². The number of aryl methyl sites for hydroxylation is 1. The quantitative estimate of drug-likeness (QED) is 0.797. The van der Waals surface area contributed by atoms with Gasteiger partial charge in [-0.05, 0) is 71.8 Å². The second-order valence-electron chi connectivity index (χ2n) is 5.63. The Morgan fingerprint density at radius 3 is 3.16 bits per heavy atom. The van der Waals surface area contributed by atoms with Crippen LogP contribution in [0, 0.1) is 0 Å². The summed E-state index contributed by atoms with van der Waals surface area (Å²) < 4.78 is 1.30. The van der Waals surface area contributed by atoms with E-state index in [0.29, 0.717) is 6.04 Å². The normalized spacial score (nSPS) is 30.5. The molecule has 2 aliphatic rings. The van der Waals surface area contributed by atoms with Crippen LogP contribution < -0.4 is 5.32 Å². The van der Waals surface area contributed by atoms with Gasteiger partial charge in [-0.15, -0.1) is 11.3 Å². The third-order valence-electron chi connectivity index (χ3n) is 4.31. The molecule has 3 atom stereocenters. The Kier molecular flexibility index (Phi) is 4.94. The van der Waals surface area contributed by atoms with E-state index in [-0.39, 0.29) is 0 Å². The molecule has 4 heteroatoms. The van der Waals surface area contributed by atoms with Gasteiger partial charge >= 0.3 is 0 Å². The van der Waals surface area contributed by atoms with Crippen molar-refractivity contribution in [1.82, 2.24) is 5.32 Å². The van der Waals surface area contributed by atoms with Crippen molar-refractivity contribution in [2.24, 2.45) is 0 Å². The van der Waals surface area contributed by atoms with Crippen molar-refractivity contribution >= 4 is 39.0 Å². The lowest BCUT2D eigenvalue weighted by molar-refractivity contribution is 0.400. The van der Waals surface area contributed by atoms with Gasteiger partial charge in [-0.1, -0.05) is 6.92 Å². The second kappa shape index (κ2) is 6.50. The predicted octanol–water partition coefficient (Wildman–Crippen LogP) is 5.15. The maximum atomic E-state index is 3.95. The lowest BCUT2D eigenvalue weighted by Gasteiger charge is -2.27. The molecule has 0 aliphatic heterocycles. The van der Waals surface area contributed by atoms with Crippen molar-refractivity contribution in [2.45, 2.75) is 62.8 Å². The summed E-state index contributed by atoms with van der Waals surface area (Å²) in [6.07, 6.45) is 8.09. The highest BCUT2D eigenvalue weighted by molar-refractivity contribution is 9.11. The van der Waals surface area contributed by atoms with Crippen molar-refractivity contribution in [1.29, 1.82) is 0 Å². The van der Waals surface area contributed by atoms with Crippen LogP contribution in [0.4, 0.5) is 0 Å². The van der Waals surface area contributed by atoms with Crippen molar-refractivity contribution in [3.05, 3.63) is 20.3 Å². The molecule has 1 aromatic heterocycles. The molecule has 0 amide bonds. The van der Waals surface area contributed by atoms with Crippen LogP contribution in [0.1, 0.15) is 55.5 Å². The number of fused-ring (bicyclic) bond motifs is 1. The van der Waals surface area contributed by atoms with E-state index in [1.165, 1.54) is 48.1 Å². The maximum Gasteiger partial charge on any atom is 0.0704 e. The fourth-order valence-corrected chi connectivity index (χ4v) is 6.42. The molecule has 1 N–H and O–H groups in total. The van der Waals surface area contributed by atoms with Crippen LogP contribution in [-0.2, 0) is 6.42 Å². The summed E-state index contributed by atoms with van der Waals surface area (Å²) in [5.74, 6) is 1.27. The van der Waals surface area contributed by atoms with Crippen molar-refractivity contribution in [2.75, 3.05) is 5.75 Å². The third-order valence-corrected chi connectivity index (χ3v) is 7.25. The Morgan fingerprint density at radius 1 is 1.42 bits per heavy atom. The Hall–Kier alpha value is 0.490. The van der Waals surface area contributed by atoms with Gasteiger partial charge in [-0.25, -0.2) is 0 Å². The van der Waals surface area contributed by atoms with Gasteiger partial charge in [0.25, 0.3) is 0 Å². The highest BCUT2D eigenvalue weighted by Crippen LogP contribution is 2.39. The number of hydrogen-bond donors (Lipinski definition) is 1. The summed E-state index contributed by atoms with van der Waals surface area (Å²) in [5.41, 5.74) is 1.58. The van der Waals surface area contributed by atoms with Gasteiger partial charge in [-0.2, -0.15) is 11.8 Å². The number of nitrogens with one attached hydrogen (secondary N) is 1. The number of thiophene rings is 1. The molecule has 0 saturated heterocycles. The maximum absolute atomic E-state index is 3.95. The van der Waals surface area contributed by atoms with Gasteiger partial charge in [0, 0.05) is 22.2 Å². The molecule has 0 bridgehead atoms. The van der Waals surface area contributed by atoms with Gasteiger partial charge < -0.3 is 5.32 Å². The first-order chi connectivity index (χ1) is 9.26. The first-order valence-electron chi connectivity index (χ1n) is 7.42. The van der Waals surface area contributed by atoms with Crippen LogP contribution in [-0.4, -0.2) is 17.0 Å². The number of thioether (sulfide) groups is 1. The zero-order chi connectivity index (χ0) is 13.2. The molecule has 1 nitrogen and oxygen atoms in total. The van der Waals surface area contributed by atoms with Crippen molar-refractivity contribution in [3.63, 3.8) is 0 Å². The van der Waals surface area contributed by atoms with Crippen molar-refractivity contribution in [3.8, 4) is 0 Å². The summed E-state index contributed by atoms with van der Waals surface area (Å²) >= 11 is 7.73. The van der Waals surface area contributed by atoms with Crippen LogP contribution in [0.25, 0.3) is 0 Å². The van der Waals surface area contributed by atoms with E-state index in [2.05, 4.69) is 46.0 Å². The van der Waals surface area contributed by atoms with Crippen LogP contribution in [0.5, 0.6) is 0 Å². The third kappa shape index (κ3) is 3.39. The molecule has 0 aromatic carbocycles. The minimum absolute atomic E-state index is 0.613. The fourth-order valence-electron chi connectivity index (χ4n) is 3.46. The molecule has 0 radical (unpaired) electrons.